The molecular weight excluding hydrogens is 186 g/mol. The van der Waals surface area contributed by atoms with E-state index in [9.17, 15) is 0 Å². The third kappa shape index (κ3) is 2.85. The van der Waals surface area contributed by atoms with Gasteiger partial charge in [-0.2, -0.15) is 0 Å². The zero-order valence-corrected chi connectivity index (χ0v) is 10.1. The van der Waals surface area contributed by atoms with Gasteiger partial charge < -0.3 is 10.2 Å². The number of nitrogens with zero attached hydrogens (tertiary/aromatic N) is 2. The third-order valence-electron chi connectivity index (χ3n) is 2.79. The first-order valence-corrected chi connectivity index (χ1v) is 5.63. The van der Waals surface area contributed by atoms with Crippen LogP contribution in [0.15, 0.2) is 18.3 Å². The van der Waals surface area contributed by atoms with E-state index in [0.29, 0.717) is 6.04 Å². The van der Waals surface area contributed by atoms with Gasteiger partial charge in [-0.1, -0.05) is 6.92 Å². The molecule has 0 aliphatic carbocycles. The van der Waals surface area contributed by atoms with Crippen LogP contribution in [0, 0.1) is 0 Å². The second-order valence-corrected chi connectivity index (χ2v) is 3.69. The lowest BCUT2D eigenvalue weighted by molar-refractivity contribution is 0.630. The summed E-state index contributed by atoms with van der Waals surface area (Å²) in [6, 6.07) is 4.73. The fourth-order valence-corrected chi connectivity index (χ4v) is 1.70. The van der Waals surface area contributed by atoms with E-state index in [1.165, 1.54) is 5.69 Å². The highest BCUT2D eigenvalue weighted by molar-refractivity contribution is 5.54. The SMILES string of the molecule is CCC(C)N(CC)c1ccnc(NC)c1. The number of hydrogen-bond acceptors (Lipinski definition) is 3. The summed E-state index contributed by atoms with van der Waals surface area (Å²) >= 11 is 0. The first kappa shape index (κ1) is 11.8. The molecule has 1 aromatic heterocycles. The number of anilines is 2. The molecule has 0 spiro atoms. The van der Waals surface area contributed by atoms with Crippen LogP contribution in [0.1, 0.15) is 27.2 Å². The fraction of sp³-hybridized carbons (Fsp3) is 0.583. The summed E-state index contributed by atoms with van der Waals surface area (Å²) in [5.74, 6) is 0.925. The number of hydrogen-bond donors (Lipinski definition) is 1. The summed E-state index contributed by atoms with van der Waals surface area (Å²) in [6.07, 6.45) is 3.01. The molecular formula is C12H21N3. The molecule has 0 aliphatic rings. The zero-order valence-electron chi connectivity index (χ0n) is 10.1. The standard InChI is InChI=1S/C12H21N3/c1-5-10(3)15(6-2)11-7-8-14-12(9-11)13-4/h7-10H,5-6H2,1-4H3,(H,13,14). The van der Waals surface area contributed by atoms with Crippen LogP contribution in [-0.4, -0.2) is 24.6 Å². The van der Waals surface area contributed by atoms with Crippen LogP contribution in [0.25, 0.3) is 0 Å². The molecule has 1 N–H and O–H groups in total. The summed E-state index contributed by atoms with van der Waals surface area (Å²) in [6.45, 7) is 7.68. The zero-order chi connectivity index (χ0) is 11.3. The second kappa shape index (κ2) is 5.59. The largest absolute Gasteiger partial charge is 0.373 e. The Morgan fingerprint density at radius 1 is 1.47 bits per heavy atom. The van der Waals surface area contributed by atoms with Gasteiger partial charge in [0.1, 0.15) is 5.82 Å². The van der Waals surface area contributed by atoms with Gasteiger partial charge in [0.15, 0.2) is 0 Å². The molecule has 1 atom stereocenters. The van der Waals surface area contributed by atoms with E-state index in [2.05, 4.69) is 48.1 Å². The molecule has 0 radical (unpaired) electrons. The molecule has 1 aromatic rings. The Morgan fingerprint density at radius 3 is 2.73 bits per heavy atom. The maximum Gasteiger partial charge on any atom is 0.127 e. The van der Waals surface area contributed by atoms with E-state index < -0.39 is 0 Å². The van der Waals surface area contributed by atoms with Gasteiger partial charge in [0.05, 0.1) is 0 Å². The predicted octanol–water partition coefficient (Wildman–Crippen LogP) is 2.75. The summed E-state index contributed by atoms with van der Waals surface area (Å²) < 4.78 is 0. The smallest absolute Gasteiger partial charge is 0.127 e. The molecule has 3 heteroatoms. The van der Waals surface area contributed by atoms with Crippen molar-refractivity contribution in [3.63, 3.8) is 0 Å². The Balaban J connectivity index is 2.91. The average Bonchev–Trinajstić information content (AvgIpc) is 2.30. The van der Waals surface area contributed by atoms with Crippen molar-refractivity contribution >= 4 is 11.5 Å². The Morgan fingerprint density at radius 2 is 2.20 bits per heavy atom. The number of pyridine rings is 1. The Labute approximate surface area is 92.5 Å². The lowest BCUT2D eigenvalue weighted by Gasteiger charge is -2.29. The first-order chi connectivity index (χ1) is 7.22. The monoisotopic (exact) mass is 207 g/mol. The molecule has 1 heterocycles. The van der Waals surface area contributed by atoms with Gasteiger partial charge in [-0.15, -0.1) is 0 Å². The van der Waals surface area contributed by atoms with Crippen LogP contribution < -0.4 is 10.2 Å². The van der Waals surface area contributed by atoms with E-state index in [0.717, 1.165) is 18.8 Å². The van der Waals surface area contributed by atoms with Crippen molar-refractivity contribution in [2.24, 2.45) is 0 Å². The molecule has 15 heavy (non-hydrogen) atoms. The summed E-state index contributed by atoms with van der Waals surface area (Å²) in [7, 11) is 1.89. The van der Waals surface area contributed by atoms with Crippen LogP contribution in [0.5, 0.6) is 0 Å². The number of aromatic nitrogens is 1. The molecule has 84 valence electrons. The molecule has 1 rings (SSSR count). The van der Waals surface area contributed by atoms with Gasteiger partial charge in [-0.05, 0) is 26.3 Å². The molecule has 3 nitrogen and oxygen atoms in total. The molecule has 0 saturated carbocycles. The highest BCUT2D eigenvalue weighted by atomic mass is 15.2. The highest BCUT2D eigenvalue weighted by Crippen LogP contribution is 2.20. The first-order valence-electron chi connectivity index (χ1n) is 5.63. The Hall–Kier alpha value is -1.25. The van der Waals surface area contributed by atoms with Crippen LogP contribution >= 0.6 is 0 Å². The minimum atomic E-state index is 0.571. The number of rotatable bonds is 5. The van der Waals surface area contributed by atoms with Gasteiger partial charge in [0.2, 0.25) is 0 Å². The van der Waals surface area contributed by atoms with Crippen LogP contribution in [0.2, 0.25) is 0 Å². The van der Waals surface area contributed by atoms with Gasteiger partial charge >= 0.3 is 0 Å². The normalized spacial score (nSPS) is 12.3. The van der Waals surface area contributed by atoms with Crippen molar-refractivity contribution in [2.45, 2.75) is 33.2 Å². The van der Waals surface area contributed by atoms with E-state index in [4.69, 9.17) is 0 Å². The molecule has 0 saturated heterocycles. The van der Waals surface area contributed by atoms with Crippen molar-refractivity contribution < 1.29 is 0 Å². The van der Waals surface area contributed by atoms with Gasteiger partial charge in [0.25, 0.3) is 0 Å². The minimum Gasteiger partial charge on any atom is -0.373 e. The Kier molecular flexibility index (Phi) is 4.40. The quantitative estimate of drug-likeness (QED) is 0.804. The van der Waals surface area contributed by atoms with Gasteiger partial charge in [0, 0.05) is 37.6 Å². The summed E-state index contributed by atoms with van der Waals surface area (Å²) in [4.78, 5) is 6.61. The summed E-state index contributed by atoms with van der Waals surface area (Å²) in [5.41, 5.74) is 1.24. The lowest BCUT2D eigenvalue weighted by Crippen LogP contribution is -2.32. The van der Waals surface area contributed by atoms with Gasteiger partial charge in [-0.3, -0.25) is 0 Å². The third-order valence-corrected chi connectivity index (χ3v) is 2.79. The fourth-order valence-electron chi connectivity index (χ4n) is 1.70. The van der Waals surface area contributed by atoms with Crippen LogP contribution in [0.3, 0.4) is 0 Å². The molecule has 0 aromatic carbocycles. The van der Waals surface area contributed by atoms with E-state index in [1.807, 2.05) is 13.2 Å². The van der Waals surface area contributed by atoms with E-state index >= 15 is 0 Å². The average molecular weight is 207 g/mol. The van der Waals surface area contributed by atoms with E-state index in [-0.39, 0.29) is 0 Å². The van der Waals surface area contributed by atoms with Crippen molar-refractivity contribution in [1.29, 1.82) is 0 Å². The van der Waals surface area contributed by atoms with Crippen molar-refractivity contribution in [3.05, 3.63) is 18.3 Å². The summed E-state index contributed by atoms with van der Waals surface area (Å²) in [5, 5.41) is 3.07. The molecule has 0 bridgehead atoms. The van der Waals surface area contributed by atoms with Crippen molar-refractivity contribution in [3.8, 4) is 0 Å². The highest BCUT2D eigenvalue weighted by Gasteiger charge is 2.10. The second-order valence-electron chi connectivity index (χ2n) is 3.69. The topological polar surface area (TPSA) is 28.2 Å². The predicted molar refractivity (Wildman–Crippen MR) is 66.6 cm³/mol. The van der Waals surface area contributed by atoms with Crippen LogP contribution in [-0.2, 0) is 0 Å². The lowest BCUT2D eigenvalue weighted by atomic mass is 10.2. The molecule has 1 unspecified atom stereocenters. The molecule has 0 aliphatic heterocycles. The maximum atomic E-state index is 4.22. The van der Waals surface area contributed by atoms with Crippen LogP contribution in [0.4, 0.5) is 11.5 Å². The molecule has 0 amide bonds. The Bertz CT molecular complexity index is 299. The van der Waals surface area contributed by atoms with Crippen molar-refractivity contribution in [1.82, 2.24) is 4.98 Å². The van der Waals surface area contributed by atoms with Crippen molar-refractivity contribution in [2.75, 3.05) is 23.8 Å². The van der Waals surface area contributed by atoms with Gasteiger partial charge in [-0.25, -0.2) is 4.98 Å². The number of nitrogens with one attached hydrogen (secondary N) is 1. The maximum absolute atomic E-state index is 4.22. The van der Waals surface area contributed by atoms with E-state index in [1.54, 1.807) is 0 Å². The molecule has 0 fully saturated rings. The minimum absolute atomic E-state index is 0.571.